The summed E-state index contributed by atoms with van der Waals surface area (Å²) in [6.45, 7) is 4.84. The number of esters is 1. The van der Waals surface area contributed by atoms with E-state index in [2.05, 4.69) is 10.2 Å². The van der Waals surface area contributed by atoms with Gasteiger partial charge in [0.1, 0.15) is 6.61 Å². The Hall–Kier alpha value is -2.56. The zero-order valence-corrected chi connectivity index (χ0v) is 12.2. The summed E-state index contributed by atoms with van der Waals surface area (Å²) in [7, 11) is 0. The molecule has 0 saturated carbocycles. The summed E-state index contributed by atoms with van der Waals surface area (Å²) in [4.78, 5) is 24.0. The summed E-state index contributed by atoms with van der Waals surface area (Å²) in [5.41, 5.74) is 2.18. The number of Topliss-reactive ketones (excluding diaryl/α,β-unsaturated/α-hetero) is 1. The van der Waals surface area contributed by atoms with Crippen LogP contribution in [0.4, 0.5) is 0 Å². The maximum Gasteiger partial charge on any atom is 0.341 e. The van der Waals surface area contributed by atoms with E-state index in [1.807, 2.05) is 30.3 Å². The molecule has 0 N–H and O–H groups in total. The van der Waals surface area contributed by atoms with E-state index in [0.717, 1.165) is 5.56 Å². The SMILES string of the molecule is CC(=O)c1c(C)nnc(C)c1C(=O)OCc1ccccc1. The fraction of sp³-hybridized carbons (Fsp3) is 0.250. The molecule has 0 bridgehead atoms. The highest BCUT2D eigenvalue weighted by Crippen LogP contribution is 2.17. The molecule has 0 aliphatic rings. The third kappa shape index (κ3) is 3.31. The highest BCUT2D eigenvalue weighted by atomic mass is 16.5. The molecule has 5 nitrogen and oxygen atoms in total. The Balaban J connectivity index is 2.27. The van der Waals surface area contributed by atoms with Gasteiger partial charge in [0.05, 0.1) is 22.5 Å². The van der Waals surface area contributed by atoms with Gasteiger partial charge >= 0.3 is 5.97 Å². The van der Waals surface area contributed by atoms with Gasteiger partial charge in [0.15, 0.2) is 5.78 Å². The lowest BCUT2D eigenvalue weighted by molar-refractivity contribution is 0.0468. The third-order valence-electron chi connectivity index (χ3n) is 3.09. The molecule has 0 atom stereocenters. The van der Waals surface area contributed by atoms with Crippen molar-refractivity contribution in [2.24, 2.45) is 0 Å². The predicted octanol–water partition coefficient (Wildman–Crippen LogP) is 2.65. The van der Waals surface area contributed by atoms with Crippen LogP contribution in [-0.4, -0.2) is 21.9 Å². The molecule has 0 aliphatic heterocycles. The minimum absolute atomic E-state index is 0.151. The Morgan fingerprint density at radius 2 is 1.57 bits per heavy atom. The number of benzene rings is 1. The number of ether oxygens (including phenoxy) is 1. The first-order chi connectivity index (χ1) is 10.0. The predicted molar refractivity (Wildman–Crippen MR) is 77.1 cm³/mol. The van der Waals surface area contributed by atoms with Crippen molar-refractivity contribution < 1.29 is 14.3 Å². The summed E-state index contributed by atoms with van der Waals surface area (Å²) in [5, 5.41) is 7.78. The first kappa shape index (κ1) is 14.8. The van der Waals surface area contributed by atoms with Crippen molar-refractivity contribution >= 4 is 11.8 Å². The van der Waals surface area contributed by atoms with Gasteiger partial charge in [-0.25, -0.2) is 4.79 Å². The summed E-state index contributed by atoms with van der Waals surface area (Å²) in [6, 6.07) is 9.35. The average molecular weight is 284 g/mol. The number of hydrogen-bond donors (Lipinski definition) is 0. The van der Waals surface area contributed by atoms with Gasteiger partial charge in [0.25, 0.3) is 0 Å². The average Bonchev–Trinajstić information content (AvgIpc) is 2.47. The molecule has 21 heavy (non-hydrogen) atoms. The van der Waals surface area contributed by atoms with E-state index in [9.17, 15) is 9.59 Å². The second-order valence-electron chi connectivity index (χ2n) is 4.74. The summed E-state index contributed by atoms with van der Waals surface area (Å²) >= 11 is 0. The van der Waals surface area contributed by atoms with Crippen LogP contribution >= 0.6 is 0 Å². The highest BCUT2D eigenvalue weighted by molar-refractivity contribution is 6.06. The van der Waals surface area contributed by atoms with Crippen molar-refractivity contribution in [2.75, 3.05) is 0 Å². The van der Waals surface area contributed by atoms with Crippen molar-refractivity contribution in [3.05, 3.63) is 58.4 Å². The Bertz CT molecular complexity index is 681. The maximum atomic E-state index is 12.3. The molecule has 0 fully saturated rings. The van der Waals surface area contributed by atoms with Crippen LogP contribution in [0.25, 0.3) is 0 Å². The van der Waals surface area contributed by atoms with Crippen LogP contribution in [0.2, 0.25) is 0 Å². The molecule has 0 spiro atoms. The lowest BCUT2D eigenvalue weighted by Crippen LogP contribution is -2.16. The van der Waals surface area contributed by atoms with E-state index in [4.69, 9.17) is 4.74 Å². The number of hydrogen-bond acceptors (Lipinski definition) is 5. The van der Waals surface area contributed by atoms with E-state index in [1.54, 1.807) is 13.8 Å². The Kier molecular flexibility index (Phi) is 4.42. The van der Waals surface area contributed by atoms with Crippen LogP contribution in [-0.2, 0) is 11.3 Å². The van der Waals surface area contributed by atoms with Gasteiger partial charge in [-0.2, -0.15) is 10.2 Å². The van der Waals surface area contributed by atoms with Gasteiger partial charge < -0.3 is 4.74 Å². The smallest absolute Gasteiger partial charge is 0.341 e. The second kappa shape index (κ2) is 6.26. The first-order valence-electron chi connectivity index (χ1n) is 6.56. The molecule has 0 amide bonds. The first-order valence-corrected chi connectivity index (χ1v) is 6.56. The summed E-state index contributed by atoms with van der Waals surface area (Å²) < 4.78 is 5.28. The van der Waals surface area contributed by atoms with Crippen LogP contribution in [0.1, 0.15) is 44.6 Å². The highest BCUT2D eigenvalue weighted by Gasteiger charge is 2.22. The number of ketones is 1. The lowest BCUT2D eigenvalue weighted by Gasteiger charge is -2.11. The van der Waals surface area contributed by atoms with Gasteiger partial charge in [0, 0.05) is 0 Å². The van der Waals surface area contributed by atoms with E-state index in [0.29, 0.717) is 11.4 Å². The van der Waals surface area contributed by atoms with Crippen molar-refractivity contribution in [3.63, 3.8) is 0 Å². The normalized spacial score (nSPS) is 10.2. The number of aromatic nitrogens is 2. The van der Waals surface area contributed by atoms with Gasteiger partial charge in [-0.1, -0.05) is 30.3 Å². The zero-order valence-electron chi connectivity index (χ0n) is 12.2. The molecule has 0 aliphatic carbocycles. The maximum absolute atomic E-state index is 12.3. The Labute approximate surface area is 123 Å². The number of nitrogens with zero attached hydrogens (tertiary/aromatic N) is 2. The molecule has 2 aromatic rings. The van der Waals surface area contributed by atoms with E-state index in [-0.39, 0.29) is 23.5 Å². The largest absolute Gasteiger partial charge is 0.457 e. The quantitative estimate of drug-likeness (QED) is 0.637. The molecular formula is C16H16N2O3. The Morgan fingerprint density at radius 1 is 1.00 bits per heavy atom. The number of carbonyl (C=O) groups is 2. The van der Waals surface area contributed by atoms with Crippen LogP contribution in [0.5, 0.6) is 0 Å². The van der Waals surface area contributed by atoms with Crippen molar-refractivity contribution in [2.45, 2.75) is 27.4 Å². The fourth-order valence-electron chi connectivity index (χ4n) is 2.09. The van der Waals surface area contributed by atoms with Crippen LogP contribution in [0, 0.1) is 13.8 Å². The minimum Gasteiger partial charge on any atom is -0.457 e. The molecule has 2 rings (SSSR count). The van der Waals surface area contributed by atoms with Gasteiger partial charge in [-0.05, 0) is 26.3 Å². The van der Waals surface area contributed by atoms with Gasteiger partial charge in [0.2, 0.25) is 0 Å². The molecule has 108 valence electrons. The van der Waals surface area contributed by atoms with Crippen molar-refractivity contribution in [1.82, 2.24) is 10.2 Å². The number of aryl methyl sites for hydroxylation is 2. The molecule has 0 radical (unpaired) electrons. The lowest BCUT2D eigenvalue weighted by atomic mass is 10.0. The van der Waals surface area contributed by atoms with Gasteiger partial charge in [-0.15, -0.1) is 0 Å². The van der Waals surface area contributed by atoms with E-state index >= 15 is 0 Å². The van der Waals surface area contributed by atoms with E-state index < -0.39 is 5.97 Å². The third-order valence-corrected chi connectivity index (χ3v) is 3.09. The fourth-order valence-corrected chi connectivity index (χ4v) is 2.09. The molecule has 1 heterocycles. The number of rotatable bonds is 4. The molecule has 1 aromatic carbocycles. The summed E-state index contributed by atoms with van der Waals surface area (Å²) in [5.74, 6) is -0.781. The standard InChI is InChI=1S/C16H16N2O3/c1-10-14(12(3)19)15(11(2)18-17-10)16(20)21-9-13-7-5-4-6-8-13/h4-8H,9H2,1-3H3. The van der Waals surface area contributed by atoms with Gasteiger partial charge in [-0.3, -0.25) is 4.79 Å². The van der Waals surface area contributed by atoms with Crippen molar-refractivity contribution in [3.8, 4) is 0 Å². The van der Waals surface area contributed by atoms with Crippen LogP contribution < -0.4 is 0 Å². The van der Waals surface area contributed by atoms with Crippen LogP contribution in [0.15, 0.2) is 30.3 Å². The Morgan fingerprint density at radius 3 is 2.14 bits per heavy atom. The van der Waals surface area contributed by atoms with Crippen molar-refractivity contribution in [1.29, 1.82) is 0 Å². The number of carbonyl (C=O) groups excluding carboxylic acids is 2. The molecule has 1 aromatic heterocycles. The van der Waals surface area contributed by atoms with E-state index in [1.165, 1.54) is 6.92 Å². The monoisotopic (exact) mass is 284 g/mol. The summed E-state index contributed by atoms with van der Waals surface area (Å²) in [6.07, 6.45) is 0. The molecule has 0 saturated heterocycles. The topological polar surface area (TPSA) is 69.2 Å². The van der Waals surface area contributed by atoms with Crippen LogP contribution in [0.3, 0.4) is 0 Å². The molecular weight excluding hydrogens is 268 g/mol. The molecule has 0 unspecified atom stereocenters. The second-order valence-corrected chi connectivity index (χ2v) is 4.74. The zero-order chi connectivity index (χ0) is 15.4. The molecule has 5 heteroatoms. The minimum atomic E-state index is -0.556.